The Morgan fingerprint density at radius 2 is 1.79 bits per heavy atom. The van der Waals surface area contributed by atoms with E-state index in [-0.39, 0.29) is 23.1 Å². The Bertz CT molecular complexity index is 536. The zero-order valence-corrected chi connectivity index (χ0v) is 12.3. The van der Waals surface area contributed by atoms with Crippen LogP contribution >= 0.6 is 0 Å². The third-order valence-electron chi connectivity index (χ3n) is 2.93. The number of carbonyl (C=O) groups is 1. The smallest absolute Gasteiger partial charge is 0.242 e. The second kappa shape index (κ2) is 6.27. The van der Waals surface area contributed by atoms with Crippen molar-refractivity contribution in [2.24, 2.45) is 5.73 Å². The molecule has 1 aromatic carbocycles. The van der Waals surface area contributed by atoms with Crippen molar-refractivity contribution in [3.8, 4) is 0 Å². The van der Waals surface area contributed by atoms with Crippen LogP contribution in [0.1, 0.15) is 30.1 Å². The van der Waals surface area contributed by atoms with E-state index in [2.05, 4.69) is 0 Å². The summed E-state index contributed by atoms with van der Waals surface area (Å²) >= 11 is 0. The molecule has 0 aliphatic rings. The Morgan fingerprint density at radius 1 is 1.26 bits per heavy atom. The Hall–Kier alpha value is -1.24. The van der Waals surface area contributed by atoms with E-state index in [0.717, 1.165) is 10.7 Å². The lowest BCUT2D eigenvalue weighted by Crippen LogP contribution is -2.23. The van der Waals surface area contributed by atoms with Gasteiger partial charge in [0.2, 0.25) is 10.0 Å². The molecule has 0 aliphatic heterocycles. The highest BCUT2D eigenvalue weighted by Crippen LogP contribution is 2.15. The molecule has 1 atom stereocenters. The summed E-state index contributed by atoms with van der Waals surface area (Å²) in [6.45, 7) is 1.92. The van der Waals surface area contributed by atoms with Gasteiger partial charge in [-0.25, -0.2) is 12.7 Å². The molecule has 6 heteroatoms. The third kappa shape index (κ3) is 3.86. The summed E-state index contributed by atoms with van der Waals surface area (Å²) in [5, 5.41) is 0. The van der Waals surface area contributed by atoms with Gasteiger partial charge in [-0.2, -0.15) is 0 Å². The molecular formula is C13H20N2O3S. The number of carbonyl (C=O) groups excluding carboxylic acids is 1. The lowest BCUT2D eigenvalue weighted by Gasteiger charge is -2.12. The Kier molecular flexibility index (Phi) is 5.22. The van der Waals surface area contributed by atoms with Gasteiger partial charge < -0.3 is 5.73 Å². The molecule has 0 radical (unpaired) electrons. The zero-order valence-electron chi connectivity index (χ0n) is 11.5. The van der Waals surface area contributed by atoms with Crippen LogP contribution in [-0.2, 0) is 10.0 Å². The van der Waals surface area contributed by atoms with Crippen LogP contribution in [-0.4, -0.2) is 38.6 Å². The standard InChI is InChI=1S/C13H20N2O3S/c1-4-11(14)9-13(16)10-5-7-12(8-6-10)19(17,18)15(2)3/h5-8,11H,4,9,14H2,1-3H3. The molecule has 1 aromatic rings. The molecule has 0 amide bonds. The van der Waals surface area contributed by atoms with Crippen molar-refractivity contribution < 1.29 is 13.2 Å². The van der Waals surface area contributed by atoms with Crippen molar-refractivity contribution >= 4 is 15.8 Å². The van der Waals surface area contributed by atoms with Crippen LogP contribution in [0.25, 0.3) is 0 Å². The van der Waals surface area contributed by atoms with Gasteiger partial charge in [-0.05, 0) is 18.6 Å². The van der Waals surface area contributed by atoms with Gasteiger partial charge >= 0.3 is 0 Å². The average molecular weight is 284 g/mol. The highest BCUT2D eigenvalue weighted by molar-refractivity contribution is 7.89. The van der Waals surface area contributed by atoms with E-state index in [9.17, 15) is 13.2 Å². The van der Waals surface area contributed by atoms with Crippen molar-refractivity contribution in [2.45, 2.75) is 30.7 Å². The lowest BCUT2D eigenvalue weighted by molar-refractivity contribution is 0.0974. The van der Waals surface area contributed by atoms with E-state index in [1.54, 1.807) is 0 Å². The van der Waals surface area contributed by atoms with Crippen molar-refractivity contribution in [2.75, 3.05) is 14.1 Å². The first-order valence-electron chi connectivity index (χ1n) is 6.10. The summed E-state index contributed by atoms with van der Waals surface area (Å²) in [4.78, 5) is 12.0. The second-order valence-electron chi connectivity index (χ2n) is 4.61. The summed E-state index contributed by atoms with van der Waals surface area (Å²) in [7, 11) is -0.516. The number of nitrogens with zero attached hydrogens (tertiary/aromatic N) is 1. The lowest BCUT2D eigenvalue weighted by atomic mass is 10.0. The monoisotopic (exact) mass is 284 g/mol. The molecule has 0 saturated carbocycles. The fraction of sp³-hybridized carbons (Fsp3) is 0.462. The molecule has 2 N–H and O–H groups in total. The van der Waals surface area contributed by atoms with E-state index in [1.165, 1.54) is 38.4 Å². The summed E-state index contributed by atoms with van der Waals surface area (Å²) in [6, 6.07) is 5.79. The molecule has 0 aromatic heterocycles. The molecule has 1 rings (SSSR count). The van der Waals surface area contributed by atoms with Gasteiger partial charge in [0.25, 0.3) is 0 Å². The Labute approximate surface area is 114 Å². The molecule has 0 fully saturated rings. The first-order chi connectivity index (χ1) is 8.78. The molecule has 0 spiro atoms. The summed E-state index contributed by atoms with van der Waals surface area (Å²) in [5.74, 6) is -0.0665. The minimum atomic E-state index is -3.45. The minimum Gasteiger partial charge on any atom is -0.327 e. The average Bonchev–Trinajstić information content (AvgIpc) is 2.38. The zero-order chi connectivity index (χ0) is 14.6. The summed E-state index contributed by atoms with van der Waals surface area (Å²) in [6.07, 6.45) is 1.01. The number of hydrogen-bond acceptors (Lipinski definition) is 4. The number of Topliss-reactive ketones (excluding diaryl/α,β-unsaturated/α-hetero) is 1. The second-order valence-corrected chi connectivity index (χ2v) is 6.76. The normalized spacial score (nSPS) is 13.5. The first kappa shape index (κ1) is 15.8. The van der Waals surface area contributed by atoms with Gasteiger partial charge in [0, 0.05) is 32.1 Å². The maximum Gasteiger partial charge on any atom is 0.242 e. The van der Waals surface area contributed by atoms with Crippen LogP contribution in [0.5, 0.6) is 0 Å². The number of ketones is 1. The van der Waals surface area contributed by atoms with Crippen LogP contribution in [0, 0.1) is 0 Å². The molecule has 5 nitrogen and oxygen atoms in total. The van der Waals surface area contributed by atoms with Crippen LogP contribution in [0.3, 0.4) is 0 Å². The van der Waals surface area contributed by atoms with E-state index in [1.807, 2.05) is 6.92 Å². The quantitative estimate of drug-likeness (QED) is 0.797. The van der Waals surface area contributed by atoms with E-state index >= 15 is 0 Å². The molecule has 106 valence electrons. The van der Waals surface area contributed by atoms with Gasteiger partial charge in [-0.1, -0.05) is 19.1 Å². The SMILES string of the molecule is CCC(N)CC(=O)c1ccc(S(=O)(=O)N(C)C)cc1. The molecule has 0 aliphatic carbocycles. The fourth-order valence-electron chi connectivity index (χ4n) is 1.52. The van der Waals surface area contributed by atoms with Crippen molar-refractivity contribution in [3.63, 3.8) is 0 Å². The number of sulfonamides is 1. The molecule has 19 heavy (non-hydrogen) atoms. The van der Waals surface area contributed by atoms with Crippen LogP contribution in [0.4, 0.5) is 0 Å². The topological polar surface area (TPSA) is 80.5 Å². The molecule has 0 saturated heterocycles. The van der Waals surface area contributed by atoms with E-state index < -0.39 is 10.0 Å². The predicted octanol–water partition coefficient (Wildman–Crippen LogP) is 1.25. The van der Waals surface area contributed by atoms with Crippen molar-refractivity contribution in [1.82, 2.24) is 4.31 Å². The molecular weight excluding hydrogens is 264 g/mol. The summed E-state index contributed by atoms with van der Waals surface area (Å²) < 4.78 is 24.9. The maximum atomic E-state index is 11.9. The maximum absolute atomic E-state index is 11.9. The highest BCUT2D eigenvalue weighted by Gasteiger charge is 2.17. The van der Waals surface area contributed by atoms with E-state index in [0.29, 0.717) is 5.56 Å². The van der Waals surface area contributed by atoms with Gasteiger partial charge in [0.15, 0.2) is 5.78 Å². The van der Waals surface area contributed by atoms with Gasteiger partial charge in [0.05, 0.1) is 4.90 Å². The third-order valence-corrected chi connectivity index (χ3v) is 4.76. The van der Waals surface area contributed by atoms with E-state index in [4.69, 9.17) is 5.73 Å². The Balaban J connectivity index is 2.91. The molecule has 0 bridgehead atoms. The van der Waals surface area contributed by atoms with Gasteiger partial charge in [-0.3, -0.25) is 4.79 Å². The largest absolute Gasteiger partial charge is 0.327 e. The van der Waals surface area contributed by atoms with Crippen molar-refractivity contribution in [3.05, 3.63) is 29.8 Å². The number of nitrogens with two attached hydrogens (primary N) is 1. The summed E-state index contributed by atoms with van der Waals surface area (Å²) in [5.41, 5.74) is 6.21. The first-order valence-corrected chi connectivity index (χ1v) is 7.54. The van der Waals surface area contributed by atoms with Crippen LogP contribution in [0.2, 0.25) is 0 Å². The predicted molar refractivity (Wildman–Crippen MR) is 74.5 cm³/mol. The minimum absolute atomic E-state index is 0.0665. The van der Waals surface area contributed by atoms with Crippen LogP contribution < -0.4 is 5.73 Å². The van der Waals surface area contributed by atoms with Crippen LogP contribution in [0.15, 0.2) is 29.2 Å². The molecule has 1 unspecified atom stereocenters. The van der Waals surface area contributed by atoms with Gasteiger partial charge in [0.1, 0.15) is 0 Å². The highest BCUT2D eigenvalue weighted by atomic mass is 32.2. The number of rotatable bonds is 6. The number of benzene rings is 1. The number of hydrogen-bond donors (Lipinski definition) is 1. The Morgan fingerprint density at radius 3 is 2.21 bits per heavy atom. The fourth-order valence-corrected chi connectivity index (χ4v) is 2.43. The van der Waals surface area contributed by atoms with Gasteiger partial charge in [-0.15, -0.1) is 0 Å². The van der Waals surface area contributed by atoms with Crippen molar-refractivity contribution in [1.29, 1.82) is 0 Å². The molecule has 0 heterocycles.